The highest BCUT2D eigenvalue weighted by atomic mass is 16.7. The van der Waals surface area contributed by atoms with Gasteiger partial charge in [-0.1, -0.05) is 36.4 Å². The summed E-state index contributed by atoms with van der Waals surface area (Å²) >= 11 is 0. The smallest absolute Gasteiger partial charge is 0.217 e. The molecule has 4 rings (SSSR count). The first-order chi connectivity index (χ1) is 14.6. The second-order valence-corrected chi connectivity index (χ2v) is 7.77. The molecular weight excluding hydrogens is 382 g/mol. The first kappa shape index (κ1) is 20.7. The van der Waals surface area contributed by atoms with Crippen LogP contribution >= 0.6 is 0 Å². The third-order valence-electron chi connectivity index (χ3n) is 5.85. The van der Waals surface area contributed by atoms with Gasteiger partial charge in [0.1, 0.15) is 18.4 Å². The number of benzene rings is 2. The molecule has 160 valence electrons. The second-order valence-electron chi connectivity index (χ2n) is 7.77. The van der Waals surface area contributed by atoms with Gasteiger partial charge in [0.05, 0.1) is 6.04 Å². The molecule has 1 amide bonds. The van der Waals surface area contributed by atoms with Crippen LogP contribution in [0.2, 0.25) is 0 Å². The average Bonchev–Trinajstić information content (AvgIpc) is 3.21. The highest BCUT2D eigenvalue weighted by molar-refractivity contribution is 5.73. The van der Waals surface area contributed by atoms with E-state index in [9.17, 15) is 9.90 Å². The standard InChI is InChI=1S/C23H29N3O4/c1-16(27)24-19-15-20(29-2)30-22(21(19)28)23-25(17-9-5-3-6-10-17)13-14-26(23)18-11-7-4-8-12-18/h3-12,19-23,28H,13-15H2,1-2H3,(H,24,27). The van der Waals surface area contributed by atoms with E-state index in [4.69, 9.17) is 9.47 Å². The van der Waals surface area contributed by atoms with E-state index in [0.29, 0.717) is 6.42 Å². The monoisotopic (exact) mass is 411 g/mol. The van der Waals surface area contributed by atoms with Gasteiger partial charge in [-0.25, -0.2) is 0 Å². The Hall–Kier alpha value is -2.61. The van der Waals surface area contributed by atoms with Crippen molar-refractivity contribution >= 4 is 17.3 Å². The first-order valence-corrected chi connectivity index (χ1v) is 10.4. The summed E-state index contributed by atoms with van der Waals surface area (Å²) in [5.41, 5.74) is 2.12. The fourth-order valence-electron chi connectivity index (χ4n) is 4.50. The molecule has 2 aromatic carbocycles. The molecule has 7 heteroatoms. The number of anilines is 2. The first-order valence-electron chi connectivity index (χ1n) is 10.4. The van der Waals surface area contributed by atoms with Gasteiger partial charge in [0.25, 0.3) is 0 Å². The summed E-state index contributed by atoms with van der Waals surface area (Å²) in [6.07, 6.45) is -1.81. The number of nitrogens with zero attached hydrogens (tertiary/aromatic N) is 2. The Kier molecular flexibility index (Phi) is 6.22. The predicted molar refractivity (Wildman–Crippen MR) is 115 cm³/mol. The lowest BCUT2D eigenvalue weighted by atomic mass is 9.95. The zero-order chi connectivity index (χ0) is 21.1. The van der Waals surface area contributed by atoms with Crippen molar-refractivity contribution in [1.29, 1.82) is 0 Å². The van der Waals surface area contributed by atoms with Crippen LogP contribution in [-0.2, 0) is 14.3 Å². The van der Waals surface area contributed by atoms with E-state index in [2.05, 4.69) is 39.4 Å². The number of carbonyl (C=O) groups excluding carboxylic acids is 1. The van der Waals surface area contributed by atoms with Crippen molar-refractivity contribution in [3.8, 4) is 0 Å². The molecule has 0 aliphatic carbocycles. The van der Waals surface area contributed by atoms with Crippen molar-refractivity contribution in [2.75, 3.05) is 30.0 Å². The normalized spacial score (nSPS) is 27.3. The van der Waals surface area contributed by atoms with Crippen LogP contribution < -0.4 is 15.1 Å². The van der Waals surface area contributed by atoms with Crippen LogP contribution in [-0.4, -0.2) is 61.9 Å². The van der Waals surface area contributed by atoms with E-state index in [0.717, 1.165) is 24.5 Å². The maximum Gasteiger partial charge on any atom is 0.217 e. The number of carbonyl (C=O) groups is 1. The quantitative estimate of drug-likeness (QED) is 0.784. The molecule has 0 spiro atoms. The van der Waals surface area contributed by atoms with Crippen LogP contribution in [0.4, 0.5) is 11.4 Å². The summed E-state index contributed by atoms with van der Waals surface area (Å²) in [4.78, 5) is 16.2. The van der Waals surface area contributed by atoms with E-state index in [-0.39, 0.29) is 12.1 Å². The van der Waals surface area contributed by atoms with Crippen LogP contribution in [0.1, 0.15) is 13.3 Å². The van der Waals surface area contributed by atoms with Gasteiger partial charge in [-0.3, -0.25) is 4.79 Å². The summed E-state index contributed by atoms with van der Waals surface area (Å²) in [6.45, 7) is 3.04. The Balaban J connectivity index is 1.71. The van der Waals surface area contributed by atoms with E-state index in [1.54, 1.807) is 7.11 Å². The number of rotatable bonds is 5. The molecule has 2 saturated heterocycles. The van der Waals surface area contributed by atoms with Gasteiger partial charge in [-0.15, -0.1) is 0 Å². The fraction of sp³-hybridized carbons (Fsp3) is 0.435. The minimum absolute atomic E-state index is 0.180. The number of amides is 1. The molecule has 2 aromatic rings. The molecule has 0 radical (unpaired) electrons. The van der Waals surface area contributed by atoms with Crippen molar-refractivity contribution < 1.29 is 19.4 Å². The van der Waals surface area contributed by atoms with Crippen LogP contribution in [0.25, 0.3) is 0 Å². The number of ether oxygens (including phenoxy) is 2. The number of nitrogens with one attached hydrogen (secondary N) is 1. The maximum absolute atomic E-state index is 11.7. The van der Waals surface area contributed by atoms with Gasteiger partial charge in [0.2, 0.25) is 5.91 Å². The van der Waals surface area contributed by atoms with Crippen LogP contribution in [0.5, 0.6) is 0 Å². The molecule has 2 aliphatic rings. The summed E-state index contributed by atoms with van der Waals surface area (Å²) in [5.74, 6) is -0.180. The lowest BCUT2D eigenvalue weighted by Crippen LogP contribution is -2.63. The zero-order valence-corrected chi connectivity index (χ0v) is 17.3. The van der Waals surface area contributed by atoms with Crippen molar-refractivity contribution in [1.82, 2.24) is 5.32 Å². The Morgan fingerprint density at radius 1 is 1.03 bits per heavy atom. The molecule has 4 unspecified atom stereocenters. The van der Waals surface area contributed by atoms with Crippen molar-refractivity contribution in [2.24, 2.45) is 0 Å². The van der Waals surface area contributed by atoms with Crippen molar-refractivity contribution in [2.45, 2.75) is 44.1 Å². The van der Waals surface area contributed by atoms with E-state index in [1.165, 1.54) is 6.92 Å². The molecule has 2 fully saturated rings. The summed E-state index contributed by atoms with van der Waals surface area (Å²) in [5, 5.41) is 14.1. The molecule has 2 heterocycles. The lowest BCUT2D eigenvalue weighted by Gasteiger charge is -2.46. The Morgan fingerprint density at radius 2 is 1.57 bits per heavy atom. The maximum atomic E-state index is 11.7. The van der Waals surface area contributed by atoms with Gasteiger partial charge in [0.15, 0.2) is 6.29 Å². The van der Waals surface area contributed by atoms with Crippen LogP contribution in [0.15, 0.2) is 60.7 Å². The second kappa shape index (κ2) is 9.04. The SMILES string of the molecule is COC1CC(NC(C)=O)C(O)C(C2N(c3ccccc3)CCN2c2ccccc2)O1. The average molecular weight is 412 g/mol. The topological polar surface area (TPSA) is 74.3 Å². The molecule has 4 atom stereocenters. The highest BCUT2D eigenvalue weighted by Gasteiger charge is 2.48. The van der Waals surface area contributed by atoms with Crippen molar-refractivity contribution in [3.05, 3.63) is 60.7 Å². The van der Waals surface area contributed by atoms with Gasteiger partial charge >= 0.3 is 0 Å². The molecule has 7 nitrogen and oxygen atoms in total. The summed E-state index contributed by atoms with van der Waals surface area (Å²) in [7, 11) is 1.59. The van der Waals surface area contributed by atoms with Crippen molar-refractivity contribution in [3.63, 3.8) is 0 Å². The molecule has 0 saturated carbocycles. The van der Waals surface area contributed by atoms with Gasteiger partial charge in [-0.05, 0) is 24.3 Å². The largest absolute Gasteiger partial charge is 0.388 e. The minimum Gasteiger partial charge on any atom is -0.388 e. The predicted octanol–water partition coefficient (Wildman–Crippen LogP) is 1.97. The molecule has 2 aliphatic heterocycles. The van der Waals surface area contributed by atoms with E-state index >= 15 is 0 Å². The Bertz CT molecular complexity index is 787. The fourth-order valence-corrected chi connectivity index (χ4v) is 4.50. The number of aliphatic hydroxyl groups excluding tert-OH is 1. The number of aliphatic hydroxyl groups is 1. The molecule has 30 heavy (non-hydrogen) atoms. The van der Waals surface area contributed by atoms with E-state index in [1.807, 2.05) is 36.4 Å². The third kappa shape index (κ3) is 4.14. The third-order valence-corrected chi connectivity index (χ3v) is 5.85. The van der Waals surface area contributed by atoms with Gasteiger partial charge < -0.3 is 29.7 Å². The van der Waals surface area contributed by atoms with Crippen LogP contribution in [0, 0.1) is 0 Å². The minimum atomic E-state index is -0.874. The van der Waals surface area contributed by atoms with Crippen LogP contribution in [0.3, 0.4) is 0 Å². The zero-order valence-electron chi connectivity index (χ0n) is 17.3. The summed E-state index contributed by atoms with van der Waals surface area (Å²) in [6, 6.07) is 19.8. The Labute approximate surface area is 177 Å². The lowest BCUT2D eigenvalue weighted by molar-refractivity contribution is -0.224. The Morgan fingerprint density at radius 3 is 2.03 bits per heavy atom. The number of para-hydroxylation sites is 2. The molecule has 0 aromatic heterocycles. The number of hydrogen-bond donors (Lipinski definition) is 2. The van der Waals surface area contributed by atoms with Gasteiger partial charge in [-0.2, -0.15) is 0 Å². The summed E-state index contributed by atoms with van der Waals surface area (Å²) < 4.78 is 11.7. The number of methoxy groups -OCH3 is 1. The molecule has 0 bridgehead atoms. The number of hydrogen-bond acceptors (Lipinski definition) is 6. The van der Waals surface area contributed by atoms with Gasteiger partial charge in [0, 0.05) is 44.9 Å². The van der Waals surface area contributed by atoms with E-state index < -0.39 is 24.5 Å². The molecule has 2 N–H and O–H groups in total. The highest BCUT2D eigenvalue weighted by Crippen LogP contribution is 2.35. The molecular formula is C23H29N3O4.